The number of aryl methyl sites for hydroxylation is 1. The Morgan fingerprint density at radius 1 is 1.38 bits per heavy atom. The van der Waals surface area contributed by atoms with E-state index in [1.807, 2.05) is 44.5 Å². The van der Waals surface area contributed by atoms with E-state index in [-0.39, 0.29) is 0 Å². The van der Waals surface area contributed by atoms with Gasteiger partial charge in [0.2, 0.25) is 5.69 Å². The minimum atomic E-state index is 0.651. The van der Waals surface area contributed by atoms with E-state index in [1.165, 1.54) is 0 Å². The predicted molar refractivity (Wildman–Crippen MR) is 66.6 cm³/mol. The second-order valence-corrected chi connectivity index (χ2v) is 3.44. The lowest BCUT2D eigenvalue weighted by Gasteiger charge is -2.00. The molecule has 0 amide bonds. The molecule has 0 aliphatic heterocycles. The fourth-order valence-electron chi connectivity index (χ4n) is 1.40. The maximum absolute atomic E-state index is 5.00. The maximum atomic E-state index is 5.00. The topological polar surface area (TPSA) is 13.1 Å². The number of methoxy groups -OCH3 is 1. The average molecular weight is 216 g/mol. The second kappa shape index (κ2) is 5.91. The molecule has 1 aromatic heterocycles. The highest BCUT2D eigenvalue weighted by molar-refractivity contribution is 5.70. The molecule has 2 heteroatoms. The number of aromatic nitrogens is 1. The van der Waals surface area contributed by atoms with Crippen molar-refractivity contribution < 1.29 is 9.30 Å². The summed E-state index contributed by atoms with van der Waals surface area (Å²) in [5.41, 5.74) is 2.30. The SMILES string of the molecule is C=C(C=CC(=CC)c1cccc[n+]1C)OC. The smallest absolute Gasteiger partial charge is 0.211 e. The Labute approximate surface area is 97.2 Å². The summed E-state index contributed by atoms with van der Waals surface area (Å²) in [6.07, 6.45) is 7.95. The Kier molecular flexibility index (Phi) is 4.52. The minimum absolute atomic E-state index is 0.651. The fourth-order valence-corrected chi connectivity index (χ4v) is 1.40. The lowest BCUT2D eigenvalue weighted by molar-refractivity contribution is -0.673. The number of ether oxygens (including phenoxy) is 1. The van der Waals surface area contributed by atoms with Gasteiger partial charge in [-0.05, 0) is 25.1 Å². The van der Waals surface area contributed by atoms with Crippen molar-refractivity contribution in [3.63, 3.8) is 0 Å². The molecule has 0 fully saturated rings. The van der Waals surface area contributed by atoms with Crippen LogP contribution in [-0.2, 0) is 11.8 Å². The molecule has 0 saturated heterocycles. The van der Waals surface area contributed by atoms with Crippen molar-refractivity contribution in [2.24, 2.45) is 7.05 Å². The van der Waals surface area contributed by atoms with Gasteiger partial charge in [-0.2, -0.15) is 0 Å². The van der Waals surface area contributed by atoms with Gasteiger partial charge in [0, 0.05) is 17.7 Å². The molecule has 1 rings (SSSR count). The van der Waals surface area contributed by atoms with E-state index in [1.54, 1.807) is 7.11 Å². The number of allylic oxidation sites excluding steroid dienone is 4. The van der Waals surface area contributed by atoms with Crippen LogP contribution in [0.1, 0.15) is 12.6 Å². The summed E-state index contributed by atoms with van der Waals surface area (Å²) in [4.78, 5) is 0. The highest BCUT2D eigenvalue weighted by Crippen LogP contribution is 2.12. The zero-order valence-corrected chi connectivity index (χ0v) is 10.1. The van der Waals surface area contributed by atoms with E-state index in [0.29, 0.717) is 5.76 Å². The van der Waals surface area contributed by atoms with Crippen LogP contribution >= 0.6 is 0 Å². The lowest BCUT2D eigenvalue weighted by atomic mass is 10.1. The van der Waals surface area contributed by atoms with E-state index < -0.39 is 0 Å². The Morgan fingerprint density at radius 2 is 2.12 bits per heavy atom. The molecule has 16 heavy (non-hydrogen) atoms. The van der Waals surface area contributed by atoms with Crippen LogP contribution in [0, 0.1) is 0 Å². The monoisotopic (exact) mass is 216 g/mol. The molecule has 0 aromatic carbocycles. The van der Waals surface area contributed by atoms with Gasteiger partial charge in [0.05, 0.1) is 7.11 Å². The number of nitrogens with zero attached hydrogens (tertiary/aromatic N) is 1. The molecule has 0 saturated carbocycles. The first-order valence-electron chi connectivity index (χ1n) is 5.21. The lowest BCUT2D eigenvalue weighted by Crippen LogP contribution is -2.31. The van der Waals surface area contributed by atoms with Gasteiger partial charge in [-0.15, -0.1) is 0 Å². The molecule has 84 valence electrons. The molecule has 0 aliphatic rings. The summed E-state index contributed by atoms with van der Waals surface area (Å²) in [6.45, 7) is 5.77. The molecule has 0 bridgehead atoms. The van der Waals surface area contributed by atoms with Crippen LogP contribution in [0.25, 0.3) is 5.57 Å². The highest BCUT2D eigenvalue weighted by atomic mass is 16.5. The van der Waals surface area contributed by atoms with Gasteiger partial charge in [-0.25, -0.2) is 4.57 Å². The Morgan fingerprint density at radius 3 is 2.69 bits per heavy atom. The van der Waals surface area contributed by atoms with Gasteiger partial charge < -0.3 is 4.74 Å². The number of pyridine rings is 1. The molecule has 0 unspecified atom stereocenters. The summed E-state index contributed by atoms with van der Waals surface area (Å²) in [6, 6.07) is 6.11. The van der Waals surface area contributed by atoms with E-state index >= 15 is 0 Å². The number of hydrogen-bond donors (Lipinski definition) is 0. The normalized spacial score (nSPS) is 11.8. The van der Waals surface area contributed by atoms with Crippen LogP contribution < -0.4 is 4.57 Å². The first-order valence-corrected chi connectivity index (χ1v) is 5.21. The van der Waals surface area contributed by atoms with Gasteiger partial charge in [0.25, 0.3) is 0 Å². The van der Waals surface area contributed by atoms with E-state index in [9.17, 15) is 0 Å². The number of hydrogen-bond acceptors (Lipinski definition) is 1. The van der Waals surface area contributed by atoms with Crippen LogP contribution in [0.15, 0.2) is 55.0 Å². The summed E-state index contributed by atoms with van der Waals surface area (Å²) in [5.74, 6) is 0.651. The van der Waals surface area contributed by atoms with Crippen LogP contribution in [0.4, 0.5) is 0 Å². The molecular weight excluding hydrogens is 198 g/mol. The van der Waals surface area contributed by atoms with Gasteiger partial charge in [0.1, 0.15) is 12.8 Å². The standard InChI is InChI=1S/C14H18NO/c1-5-13(10-9-12(2)16-4)14-8-6-7-11-15(14)3/h5-11H,2H2,1,3-4H3/q+1. The summed E-state index contributed by atoms with van der Waals surface area (Å²) < 4.78 is 7.07. The third-order valence-corrected chi connectivity index (χ3v) is 2.37. The molecule has 0 radical (unpaired) electrons. The Hall–Kier alpha value is -1.83. The van der Waals surface area contributed by atoms with Gasteiger partial charge >= 0.3 is 0 Å². The van der Waals surface area contributed by atoms with Crippen molar-refractivity contribution >= 4 is 5.57 Å². The highest BCUT2D eigenvalue weighted by Gasteiger charge is 2.07. The quantitative estimate of drug-likeness (QED) is 0.428. The molecule has 0 aliphatic carbocycles. The van der Waals surface area contributed by atoms with Gasteiger partial charge in [0.15, 0.2) is 6.20 Å². The van der Waals surface area contributed by atoms with Crippen LogP contribution in [-0.4, -0.2) is 7.11 Å². The van der Waals surface area contributed by atoms with Gasteiger partial charge in [-0.1, -0.05) is 12.7 Å². The van der Waals surface area contributed by atoms with Crippen LogP contribution in [0.3, 0.4) is 0 Å². The van der Waals surface area contributed by atoms with Crippen molar-refractivity contribution in [1.82, 2.24) is 0 Å². The fraction of sp³-hybridized carbons (Fsp3) is 0.214. The van der Waals surface area contributed by atoms with Crippen LogP contribution in [0.2, 0.25) is 0 Å². The summed E-state index contributed by atoms with van der Waals surface area (Å²) in [5, 5.41) is 0. The number of rotatable bonds is 4. The van der Waals surface area contributed by atoms with Crippen molar-refractivity contribution in [2.45, 2.75) is 6.92 Å². The molecule has 1 aromatic rings. The summed E-state index contributed by atoms with van der Waals surface area (Å²) >= 11 is 0. The van der Waals surface area contributed by atoms with Gasteiger partial charge in [-0.3, -0.25) is 0 Å². The van der Waals surface area contributed by atoms with Crippen molar-refractivity contribution in [2.75, 3.05) is 7.11 Å². The molecule has 1 heterocycles. The Bertz CT molecular complexity index is 430. The van der Waals surface area contributed by atoms with Crippen molar-refractivity contribution in [1.29, 1.82) is 0 Å². The van der Waals surface area contributed by atoms with Crippen LogP contribution in [0.5, 0.6) is 0 Å². The zero-order valence-electron chi connectivity index (χ0n) is 10.1. The van der Waals surface area contributed by atoms with E-state index in [0.717, 1.165) is 11.3 Å². The first-order chi connectivity index (χ1) is 7.69. The molecule has 0 N–H and O–H groups in total. The summed E-state index contributed by atoms with van der Waals surface area (Å²) in [7, 11) is 3.64. The average Bonchev–Trinajstić information content (AvgIpc) is 2.31. The molecule has 0 spiro atoms. The largest absolute Gasteiger partial charge is 0.497 e. The molecular formula is C14H18NO+. The zero-order chi connectivity index (χ0) is 12.0. The van der Waals surface area contributed by atoms with Crippen molar-refractivity contribution in [3.05, 3.63) is 60.7 Å². The maximum Gasteiger partial charge on any atom is 0.211 e. The van der Waals surface area contributed by atoms with E-state index in [4.69, 9.17) is 4.74 Å². The Balaban J connectivity index is 2.97. The first kappa shape index (κ1) is 12.2. The van der Waals surface area contributed by atoms with E-state index in [2.05, 4.69) is 23.3 Å². The third-order valence-electron chi connectivity index (χ3n) is 2.37. The predicted octanol–water partition coefficient (Wildman–Crippen LogP) is 2.63. The second-order valence-electron chi connectivity index (χ2n) is 3.44. The molecule has 0 atom stereocenters. The van der Waals surface area contributed by atoms with Crippen molar-refractivity contribution in [3.8, 4) is 0 Å². The molecule has 2 nitrogen and oxygen atoms in total. The minimum Gasteiger partial charge on any atom is -0.497 e. The third kappa shape index (κ3) is 3.09.